The first kappa shape index (κ1) is 14.4. The summed E-state index contributed by atoms with van der Waals surface area (Å²) in [5.74, 6) is 1.74. The number of ether oxygens (including phenoxy) is 1. The lowest BCUT2D eigenvalue weighted by Crippen LogP contribution is -2.27. The van der Waals surface area contributed by atoms with E-state index in [9.17, 15) is 0 Å². The lowest BCUT2D eigenvalue weighted by atomic mass is 10.0. The first-order valence-electron chi connectivity index (χ1n) is 7.59. The fourth-order valence-electron chi connectivity index (χ4n) is 2.47. The number of nitrogens with one attached hydrogen (secondary N) is 1. The van der Waals surface area contributed by atoms with Gasteiger partial charge in [0.05, 0.1) is 6.61 Å². The second-order valence-corrected chi connectivity index (χ2v) is 6.29. The Bertz CT molecular complexity index is 357. The summed E-state index contributed by atoms with van der Waals surface area (Å²) < 4.78 is 5.75. The maximum Gasteiger partial charge on any atom is 0.119 e. The van der Waals surface area contributed by atoms with Crippen molar-refractivity contribution in [2.24, 2.45) is 11.3 Å². The molecule has 1 saturated carbocycles. The summed E-state index contributed by atoms with van der Waals surface area (Å²) in [6.07, 6.45) is 5.25. The van der Waals surface area contributed by atoms with Crippen LogP contribution in [0.4, 0.5) is 0 Å². The second-order valence-electron chi connectivity index (χ2n) is 6.29. The third-order valence-corrected chi connectivity index (χ3v) is 3.87. The molecule has 1 aliphatic carbocycles. The SMILES string of the molecule is CC(C)CNCC1(CCCOc2ccccc2)CC1. The van der Waals surface area contributed by atoms with E-state index in [0.29, 0.717) is 5.41 Å². The quantitative estimate of drug-likeness (QED) is 0.681. The van der Waals surface area contributed by atoms with Crippen LogP contribution in [0.3, 0.4) is 0 Å². The van der Waals surface area contributed by atoms with E-state index in [1.165, 1.54) is 25.8 Å². The highest BCUT2D eigenvalue weighted by atomic mass is 16.5. The molecule has 0 amide bonds. The average molecular weight is 261 g/mol. The predicted octanol–water partition coefficient (Wildman–Crippen LogP) is 3.87. The second kappa shape index (κ2) is 6.95. The summed E-state index contributed by atoms with van der Waals surface area (Å²) in [5, 5.41) is 3.61. The lowest BCUT2D eigenvalue weighted by Gasteiger charge is -2.17. The van der Waals surface area contributed by atoms with E-state index < -0.39 is 0 Å². The van der Waals surface area contributed by atoms with E-state index in [0.717, 1.165) is 31.2 Å². The van der Waals surface area contributed by atoms with Crippen LogP contribution in [0.15, 0.2) is 30.3 Å². The Labute approximate surface area is 117 Å². The van der Waals surface area contributed by atoms with Crippen LogP contribution in [0.5, 0.6) is 5.75 Å². The van der Waals surface area contributed by atoms with Gasteiger partial charge in [-0.05, 0) is 55.7 Å². The molecule has 0 radical (unpaired) electrons. The summed E-state index contributed by atoms with van der Waals surface area (Å²) in [6, 6.07) is 10.1. The highest BCUT2D eigenvalue weighted by Crippen LogP contribution is 2.49. The van der Waals surface area contributed by atoms with Gasteiger partial charge < -0.3 is 10.1 Å². The summed E-state index contributed by atoms with van der Waals surface area (Å²) in [4.78, 5) is 0. The number of para-hydroxylation sites is 1. The molecule has 0 atom stereocenters. The van der Waals surface area contributed by atoms with Gasteiger partial charge in [0.15, 0.2) is 0 Å². The molecule has 1 aliphatic rings. The summed E-state index contributed by atoms with van der Waals surface area (Å²) >= 11 is 0. The van der Waals surface area contributed by atoms with Gasteiger partial charge in [-0.25, -0.2) is 0 Å². The van der Waals surface area contributed by atoms with Crippen LogP contribution in [-0.4, -0.2) is 19.7 Å². The maximum atomic E-state index is 5.75. The number of rotatable bonds is 9. The summed E-state index contributed by atoms with van der Waals surface area (Å²) in [6.45, 7) is 7.70. The zero-order valence-electron chi connectivity index (χ0n) is 12.3. The third kappa shape index (κ3) is 5.23. The van der Waals surface area contributed by atoms with Gasteiger partial charge in [0.1, 0.15) is 5.75 Å². The molecule has 1 aromatic carbocycles. The molecule has 1 aromatic rings. The molecule has 0 unspecified atom stereocenters. The van der Waals surface area contributed by atoms with E-state index >= 15 is 0 Å². The fraction of sp³-hybridized carbons (Fsp3) is 0.647. The van der Waals surface area contributed by atoms with Crippen molar-refractivity contribution >= 4 is 0 Å². The minimum Gasteiger partial charge on any atom is -0.494 e. The molecule has 2 rings (SSSR count). The van der Waals surface area contributed by atoms with Crippen molar-refractivity contribution in [3.8, 4) is 5.75 Å². The van der Waals surface area contributed by atoms with Gasteiger partial charge in [-0.3, -0.25) is 0 Å². The molecular weight excluding hydrogens is 234 g/mol. The molecular formula is C17H27NO. The van der Waals surface area contributed by atoms with Crippen molar-refractivity contribution in [2.75, 3.05) is 19.7 Å². The van der Waals surface area contributed by atoms with Crippen LogP contribution < -0.4 is 10.1 Å². The Kier molecular flexibility index (Phi) is 5.26. The van der Waals surface area contributed by atoms with Crippen LogP contribution in [-0.2, 0) is 0 Å². The van der Waals surface area contributed by atoms with Crippen LogP contribution >= 0.6 is 0 Å². The summed E-state index contributed by atoms with van der Waals surface area (Å²) in [7, 11) is 0. The van der Waals surface area contributed by atoms with E-state index in [1.807, 2.05) is 30.3 Å². The minimum absolute atomic E-state index is 0.592. The Morgan fingerprint density at radius 1 is 1.21 bits per heavy atom. The van der Waals surface area contributed by atoms with Crippen molar-refractivity contribution < 1.29 is 4.74 Å². The molecule has 0 spiro atoms. The molecule has 0 aromatic heterocycles. The van der Waals surface area contributed by atoms with Crippen molar-refractivity contribution in [1.29, 1.82) is 0 Å². The molecule has 0 bridgehead atoms. The van der Waals surface area contributed by atoms with Gasteiger partial charge >= 0.3 is 0 Å². The topological polar surface area (TPSA) is 21.3 Å². The first-order chi connectivity index (χ1) is 9.20. The Morgan fingerprint density at radius 2 is 1.95 bits per heavy atom. The van der Waals surface area contributed by atoms with Crippen molar-refractivity contribution in [1.82, 2.24) is 5.32 Å². The third-order valence-electron chi connectivity index (χ3n) is 3.87. The largest absolute Gasteiger partial charge is 0.494 e. The smallest absolute Gasteiger partial charge is 0.119 e. The normalized spacial score (nSPS) is 16.6. The van der Waals surface area contributed by atoms with Crippen molar-refractivity contribution in [3.05, 3.63) is 30.3 Å². The fourth-order valence-corrected chi connectivity index (χ4v) is 2.47. The average Bonchev–Trinajstić information content (AvgIpc) is 3.16. The van der Waals surface area contributed by atoms with Gasteiger partial charge in [0.2, 0.25) is 0 Å². The van der Waals surface area contributed by atoms with E-state index in [-0.39, 0.29) is 0 Å². The number of hydrogen-bond acceptors (Lipinski definition) is 2. The van der Waals surface area contributed by atoms with Crippen LogP contribution in [0.2, 0.25) is 0 Å². The predicted molar refractivity (Wildman–Crippen MR) is 80.5 cm³/mol. The maximum absolute atomic E-state index is 5.75. The lowest BCUT2D eigenvalue weighted by molar-refractivity contribution is 0.283. The Balaban J connectivity index is 1.58. The molecule has 2 nitrogen and oxygen atoms in total. The van der Waals surface area contributed by atoms with E-state index in [1.54, 1.807) is 0 Å². The van der Waals surface area contributed by atoms with Gasteiger partial charge in [-0.1, -0.05) is 32.0 Å². The van der Waals surface area contributed by atoms with Gasteiger partial charge in [0, 0.05) is 6.54 Å². The zero-order chi connectivity index (χ0) is 13.6. The molecule has 0 saturated heterocycles. The minimum atomic E-state index is 0.592. The number of hydrogen-bond donors (Lipinski definition) is 1. The van der Waals surface area contributed by atoms with Gasteiger partial charge in [0.25, 0.3) is 0 Å². The summed E-state index contributed by atoms with van der Waals surface area (Å²) in [5.41, 5.74) is 0.592. The molecule has 1 N–H and O–H groups in total. The van der Waals surface area contributed by atoms with Gasteiger partial charge in [-0.2, -0.15) is 0 Å². The first-order valence-corrected chi connectivity index (χ1v) is 7.59. The monoisotopic (exact) mass is 261 g/mol. The van der Waals surface area contributed by atoms with E-state index in [4.69, 9.17) is 4.74 Å². The van der Waals surface area contributed by atoms with Crippen molar-refractivity contribution in [2.45, 2.75) is 39.5 Å². The van der Waals surface area contributed by atoms with Crippen LogP contribution in [0.25, 0.3) is 0 Å². The molecule has 0 heterocycles. The van der Waals surface area contributed by atoms with Crippen molar-refractivity contribution in [3.63, 3.8) is 0 Å². The Morgan fingerprint density at radius 3 is 2.58 bits per heavy atom. The van der Waals surface area contributed by atoms with Crippen LogP contribution in [0.1, 0.15) is 39.5 Å². The van der Waals surface area contributed by atoms with Gasteiger partial charge in [-0.15, -0.1) is 0 Å². The number of benzene rings is 1. The Hall–Kier alpha value is -1.02. The molecule has 19 heavy (non-hydrogen) atoms. The molecule has 106 valence electrons. The molecule has 2 heteroatoms. The van der Waals surface area contributed by atoms with Crippen LogP contribution in [0, 0.1) is 11.3 Å². The zero-order valence-corrected chi connectivity index (χ0v) is 12.3. The van der Waals surface area contributed by atoms with E-state index in [2.05, 4.69) is 19.2 Å². The highest BCUT2D eigenvalue weighted by molar-refractivity contribution is 5.20. The molecule has 0 aliphatic heterocycles. The standard InChI is InChI=1S/C17H27NO/c1-15(2)13-18-14-17(10-11-17)9-6-12-19-16-7-4-3-5-8-16/h3-5,7-8,15,18H,6,9-14H2,1-2H3. The molecule has 1 fully saturated rings. The highest BCUT2D eigenvalue weighted by Gasteiger charge is 2.41.